The minimum atomic E-state index is -3.56. The summed E-state index contributed by atoms with van der Waals surface area (Å²) >= 11 is 0. The van der Waals surface area contributed by atoms with Crippen LogP contribution in [0.3, 0.4) is 0 Å². The Balaban J connectivity index is 1.95. The lowest BCUT2D eigenvalue weighted by Gasteiger charge is -2.18. The second-order valence-corrected chi connectivity index (χ2v) is 8.01. The van der Waals surface area contributed by atoms with E-state index in [9.17, 15) is 13.2 Å². The van der Waals surface area contributed by atoms with Crippen LogP contribution in [0.25, 0.3) is 0 Å². The molecule has 2 rings (SSSR count). The lowest BCUT2D eigenvalue weighted by atomic mass is 10.2. The summed E-state index contributed by atoms with van der Waals surface area (Å²) in [5.74, 6) is 0.472. The Hall–Kier alpha value is -2.38. The highest BCUT2D eigenvalue weighted by molar-refractivity contribution is 7.89. The molecule has 1 N–H and O–H groups in total. The minimum Gasteiger partial charge on any atom is -0.493 e. The predicted molar refractivity (Wildman–Crippen MR) is 106 cm³/mol. The lowest BCUT2D eigenvalue weighted by molar-refractivity contribution is -0.116. The summed E-state index contributed by atoms with van der Waals surface area (Å²) in [6, 6.07) is 13.9. The Kier molecular flexibility index (Phi) is 7.38. The van der Waals surface area contributed by atoms with Crippen molar-refractivity contribution in [1.82, 2.24) is 4.31 Å². The largest absolute Gasteiger partial charge is 0.493 e. The van der Waals surface area contributed by atoms with E-state index < -0.39 is 10.0 Å². The molecule has 27 heavy (non-hydrogen) atoms. The standard InChI is InChI=1S/C20H26N2O4S/c1-4-22(5-2)27(24,25)19-8-6-7-17(15-19)21-20(23)13-14-26-18-11-9-16(3)10-12-18/h6-12,15H,4-5,13-14H2,1-3H3,(H,21,23). The summed E-state index contributed by atoms with van der Waals surface area (Å²) in [5.41, 5.74) is 1.59. The van der Waals surface area contributed by atoms with Crippen molar-refractivity contribution >= 4 is 21.6 Å². The number of aryl methyl sites for hydroxylation is 1. The van der Waals surface area contributed by atoms with Gasteiger partial charge in [0.1, 0.15) is 5.75 Å². The number of benzene rings is 2. The van der Waals surface area contributed by atoms with Crippen LogP contribution < -0.4 is 10.1 Å². The third kappa shape index (κ3) is 5.80. The Morgan fingerprint density at radius 2 is 1.74 bits per heavy atom. The highest BCUT2D eigenvalue weighted by Gasteiger charge is 2.21. The van der Waals surface area contributed by atoms with Crippen molar-refractivity contribution in [3.8, 4) is 5.75 Å². The van der Waals surface area contributed by atoms with Crippen LogP contribution in [0.15, 0.2) is 53.4 Å². The zero-order valence-electron chi connectivity index (χ0n) is 15.9. The summed E-state index contributed by atoms with van der Waals surface area (Å²) in [5, 5.41) is 2.72. The van der Waals surface area contributed by atoms with E-state index in [0.29, 0.717) is 24.5 Å². The van der Waals surface area contributed by atoms with E-state index in [-0.39, 0.29) is 23.8 Å². The van der Waals surface area contributed by atoms with Gasteiger partial charge in [-0.3, -0.25) is 4.79 Å². The molecule has 2 aromatic carbocycles. The number of amides is 1. The lowest BCUT2D eigenvalue weighted by Crippen LogP contribution is -2.30. The van der Waals surface area contributed by atoms with Crippen LogP contribution in [0, 0.1) is 6.92 Å². The third-order valence-corrected chi connectivity index (χ3v) is 6.13. The molecular weight excluding hydrogens is 364 g/mol. The molecule has 7 heteroatoms. The first-order valence-corrected chi connectivity index (χ1v) is 10.4. The Morgan fingerprint density at radius 1 is 1.07 bits per heavy atom. The second-order valence-electron chi connectivity index (χ2n) is 6.08. The van der Waals surface area contributed by atoms with Crippen molar-refractivity contribution in [2.75, 3.05) is 25.0 Å². The first kappa shape index (κ1) is 20.9. The van der Waals surface area contributed by atoms with E-state index >= 15 is 0 Å². The molecule has 0 saturated carbocycles. The molecule has 146 valence electrons. The van der Waals surface area contributed by atoms with Crippen molar-refractivity contribution < 1.29 is 17.9 Å². The number of rotatable bonds is 9. The van der Waals surface area contributed by atoms with Gasteiger partial charge in [0.15, 0.2) is 0 Å². The molecule has 0 aliphatic rings. The Morgan fingerprint density at radius 3 is 2.37 bits per heavy atom. The molecule has 0 atom stereocenters. The highest BCUT2D eigenvalue weighted by Crippen LogP contribution is 2.19. The van der Waals surface area contributed by atoms with Gasteiger partial charge in [0.25, 0.3) is 0 Å². The van der Waals surface area contributed by atoms with E-state index in [1.165, 1.54) is 16.4 Å². The molecule has 1 amide bonds. The smallest absolute Gasteiger partial charge is 0.243 e. The molecule has 0 unspecified atom stereocenters. The van der Waals surface area contributed by atoms with Crippen LogP contribution in [0.4, 0.5) is 5.69 Å². The summed E-state index contributed by atoms with van der Waals surface area (Å²) in [6.07, 6.45) is 0.168. The number of carbonyl (C=O) groups excluding carboxylic acids is 1. The van der Waals surface area contributed by atoms with Crippen molar-refractivity contribution in [3.05, 3.63) is 54.1 Å². The average molecular weight is 391 g/mol. The molecule has 0 fully saturated rings. The fourth-order valence-corrected chi connectivity index (χ4v) is 4.07. The second kappa shape index (κ2) is 9.53. The maximum absolute atomic E-state index is 12.6. The SMILES string of the molecule is CCN(CC)S(=O)(=O)c1cccc(NC(=O)CCOc2ccc(C)cc2)c1. The molecular formula is C20H26N2O4S. The highest BCUT2D eigenvalue weighted by atomic mass is 32.2. The first-order valence-electron chi connectivity index (χ1n) is 8.96. The van der Waals surface area contributed by atoms with Gasteiger partial charge in [0, 0.05) is 18.8 Å². The van der Waals surface area contributed by atoms with Gasteiger partial charge in [-0.05, 0) is 37.3 Å². The van der Waals surface area contributed by atoms with Crippen LogP contribution >= 0.6 is 0 Å². The van der Waals surface area contributed by atoms with Gasteiger partial charge in [-0.15, -0.1) is 0 Å². The number of anilines is 1. The van der Waals surface area contributed by atoms with Crippen molar-refractivity contribution in [2.45, 2.75) is 32.1 Å². The monoisotopic (exact) mass is 390 g/mol. The van der Waals surface area contributed by atoms with Crippen LogP contribution in [0.1, 0.15) is 25.8 Å². The number of ether oxygens (including phenoxy) is 1. The van der Waals surface area contributed by atoms with Gasteiger partial charge in [-0.2, -0.15) is 4.31 Å². The van der Waals surface area contributed by atoms with Crippen molar-refractivity contribution in [1.29, 1.82) is 0 Å². The number of hydrogen-bond donors (Lipinski definition) is 1. The van der Waals surface area contributed by atoms with Crippen LogP contribution in [0.2, 0.25) is 0 Å². The summed E-state index contributed by atoms with van der Waals surface area (Å²) in [4.78, 5) is 12.3. The Labute approximate surface area is 161 Å². The van der Waals surface area contributed by atoms with Gasteiger partial charge in [-0.25, -0.2) is 8.42 Å². The maximum Gasteiger partial charge on any atom is 0.243 e. The molecule has 0 heterocycles. The zero-order chi connectivity index (χ0) is 19.9. The third-order valence-electron chi connectivity index (χ3n) is 4.08. The molecule has 0 bridgehead atoms. The summed E-state index contributed by atoms with van der Waals surface area (Å²) in [7, 11) is -3.56. The summed E-state index contributed by atoms with van der Waals surface area (Å²) in [6.45, 7) is 6.61. The molecule has 0 aliphatic carbocycles. The van der Waals surface area contributed by atoms with Gasteiger partial charge >= 0.3 is 0 Å². The number of hydrogen-bond acceptors (Lipinski definition) is 4. The quantitative estimate of drug-likeness (QED) is 0.712. The number of nitrogens with zero attached hydrogens (tertiary/aromatic N) is 1. The van der Waals surface area contributed by atoms with Crippen molar-refractivity contribution in [2.24, 2.45) is 0 Å². The van der Waals surface area contributed by atoms with Gasteiger partial charge in [0.05, 0.1) is 17.9 Å². The van der Waals surface area contributed by atoms with E-state index in [0.717, 1.165) is 5.56 Å². The van der Waals surface area contributed by atoms with E-state index in [2.05, 4.69) is 5.32 Å². The minimum absolute atomic E-state index is 0.167. The van der Waals surface area contributed by atoms with E-state index in [4.69, 9.17) is 4.74 Å². The fourth-order valence-electron chi connectivity index (χ4n) is 2.57. The molecule has 0 saturated heterocycles. The molecule has 6 nitrogen and oxygen atoms in total. The topological polar surface area (TPSA) is 75.7 Å². The van der Waals surface area contributed by atoms with Gasteiger partial charge in [0.2, 0.25) is 15.9 Å². The van der Waals surface area contributed by atoms with Gasteiger partial charge in [-0.1, -0.05) is 37.6 Å². The van der Waals surface area contributed by atoms with E-state index in [1.54, 1.807) is 26.0 Å². The Bertz CT molecular complexity index is 860. The molecule has 0 spiro atoms. The molecule has 0 radical (unpaired) electrons. The van der Waals surface area contributed by atoms with Gasteiger partial charge < -0.3 is 10.1 Å². The molecule has 2 aromatic rings. The zero-order valence-corrected chi connectivity index (χ0v) is 16.8. The average Bonchev–Trinajstić information content (AvgIpc) is 2.64. The normalized spacial score (nSPS) is 11.4. The van der Waals surface area contributed by atoms with Crippen molar-refractivity contribution in [3.63, 3.8) is 0 Å². The number of carbonyl (C=O) groups is 1. The summed E-state index contributed by atoms with van der Waals surface area (Å²) < 4.78 is 32.1. The first-order chi connectivity index (χ1) is 12.9. The van der Waals surface area contributed by atoms with Crippen LogP contribution in [-0.2, 0) is 14.8 Å². The molecule has 0 aliphatic heterocycles. The number of nitrogens with one attached hydrogen (secondary N) is 1. The maximum atomic E-state index is 12.6. The van der Waals surface area contributed by atoms with Crippen LogP contribution in [0.5, 0.6) is 5.75 Å². The molecule has 0 aromatic heterocycles. The predicted octanol–water partition coefficient (Wildman–Crippen LogP) is 3.43. The van der Waals surface area contributed by atoms with E-state index in [1.807, 2.05) is 31.2 Å². The number of sulfonamides is 1. The van der Waals surface area contributed by atoms with Crippen LogP contribution in [-0.4, -0.2) is 38.3 Å². The fraction of sp³-hybridized carbons (Fsp3) is 0.350.